The van der Waals surface area contributed by atoms with Crippen LogP contribution in [-0.2, 0) is 10.1 Å². The first-order valence-electron chi connectivity index (χ1n) is 10.7. The molecule has 0 unspecified atom stereocenters. The van der Waals surface area contributed by atoms with Crippen molar-refractivity contribution in [2.45, 2.75) is 76.7 Å². The molecule has 0 aliphatic heterocycles. The summed E-state index contributed by atoms with van der Waals surface area (Å²) in [4.78, 5) is 19.5. The summed E-state index contributed by atoms with van der Waals surface area (Å²) >= 11 is 0. The highest BCUT2D eigenvalue weighted by Crippen LogP contribution is 2.46. The Labute approximate surface area is 171 Å². The highest BCUT2D eigenvalue weighted by atomic mass is 31.2. The molecule has 0 saturated heterocycles. The van der Waals surface area contributed by atoms with E-state index in [1.54, 1.807) is 0 Å². The van der Waals surface area contributed by atoms with E-state index in [1.807, 2.05) is 60.7 Å². The Bertz CT molecular complexity index is 591. The Morgan fingerprint density at radius 2 is 1.11 bits per heavy atom. The minimum atomic E-state index is -2.47. The Morgan fingerprint density at radius 3 is 1.54 bits per heavy atom. The van der Waals surface area contributed by atoms with E-state index in [-0.39, 0.29) is 0 Å². The molecule has 28 heavy (non-hydrogen) atoms. The maximum Gasteiger partial charge on any atom is 0.328 e. The second-order valence-corrected chi connectivity index (χ2v) is 8.17. The molecule has 0 aromatic heterocycles. The average Bonchev–Trinajstić information content (AvgIpc) is 2.72. The monoisotopic (exact) mass is 402 g/mol. The van der Waals surface area contributed by atoms with Gasteiger partial charge in [-0.1, -0.05) is 119 Å². The van der Waals surface area contributed by atoms with Gasteiger partial charge in [-0.2, -0.15) is 0 Å². The summed E-state index contributed by atoms with van der Waals surface area (Å²) in [6.45, 7) is 2.25. The lowest BCUT2D eigenvalue weighted by Gasteiger charge is -2.35. The molecule has 0 fully saturated rings. The lowest BCUT2D eigenvalue weighted by molar-refractivity contribution is 0.0791. The number of rotatable bonds is 14. The zero-order valence-electron chi connectivity index (χ0n) is 17.1. The molecule has 0 bridgehead atoms. The first-order chi connectivity index (χ1) is 13.7. The molecule has 2 aromatic carbocycles. The normalized spacial score (nSPS) is 11.9. The van der Waals surface area contributed by atoms with Crippen molar-refractivity contribution in [3.05, 3.63) is 71.8 Å². The third-order valence-electron chi connectivity index (χ3n) is 5.35. The van der Waals surface area contributed by atoms with E-state index in [1.165, 1.54) is 44.9 Å². The number of benzene rings is 2. The summed E-state index contributed by atoms with van der Waals surface area (Å²) in [6, 6.07) is 19.9. The van der Waals surface area contributed by atoms with Crippen LogP contribution in [0.5, 0.6) is 0 Å². The zero-order valence-corrected chi connectivity index (χ0v) is 18.0. The van der Waals surface area contributed by atoms with E-state index >= 15 is 0 Å². The lowest BCUT2D eigenvalue weighted by Crippen LogP contribution is -2.29. The average molecular weight is 403 g/mol. The first-order valence-corrected chi connectivity index (χ1v) is 11.8. The minimum absolute atomic E-state index is 0.733. The number of hydrogen-bond acceptors (Lipinski definition) is 3. The highest BCUT2D eigenvalue weighted by molar-refractivity contribution is 7.39. The fourth-order valence-corrected chi connectivity index (χ4v) is 4.43. The Balaban J connectivity index is 2.02. The Hall–Kier alpha value is -1.25. The summed E-state index contributed by atoms with van der Waals surface area (Å²) in [5.74, 6) is 0. The molecule has 4 heteroatoms. The largest absolute Gasteiger partial charge is 0.328 e. The van der Waals surface area contributed by atoms with E-state index in [2.05, 4.69) is 6.92 Å². The molecule has 2 aromatic rings. The SMILES string of the molecule is CCCCCCCCCCCC(OP(O)O)(c1ccccc1)c1ccccc1. The Morgan fingerprint density at radius 1 is 0.679 bits per heavy atom. The molecule has 0 amide bonds. The summed E-state index contributed by atoms with van der Waals surface area (Å²) in [6.07, 6.45) is 12.0. The van der Waals surface area contributed by atoms with Crippen LogP contribution in [0.4, 0.5) is 0 Å². The maximum absolute atomic E-state index is 9.75. The second-order valence-electron chi connectivity index (χ2n) is 7.48. The Kier molecular flexibility index (Phi) is 10.7. The van der Waals surface area contributed by atoms with Crippen LogP contribution in [0.15, 0.2) is 60.7 Å². The predicted octanol–water partition coefficient (Wildman–Crippen LogP) is 7.08. The third-order valence-corrected chi connectivity index (χ3v) is 5.83. The van der Waals surface area contributed by atoms with E-state index in [0.717, 1.165) is 30.4 Å². The molecule has 0 radical (unpaired) electrons. The predicted molar refractivity (Wildman–Crippen MR) is 118 cm³/mol. The van der Waals surface area contributed by atoms with Crippen LogP contribution >= 0.6 is 8.60 Å². The van der Waals surface area contributed by atoms with E-state index in [4.69, 9.17) is 4.52 Å². The van der Waals surface area contributed by atoms with Crippen molar-refractivity contribution in [3.63, 3.8) is 0 Å². The molecule has 0 aliphatic carbocycles. The van der Waals surface area contributed by atoms with Gasteiger partial charge in [0.2, 0.25) is 0 Å². The molecular formula is C24H35O3P. The van der Waals surface area contributed by atoms with Gasteiger partial charge in [0.1, 0.15) is 5.60 Å². The van der Waals surface area contributed by atoms with Gasteiger partial charge in [0.15, 0.2) is 0 Å². The van der Waals surface area contributed by atoms with Crippen molar-refractivity contribution >= 4 is 8.60 Å². The zero-order chi connectivity index (χ0) is 20.1. The molecule has 0 saturated carbocycles. The summed E-state index contributed by atoms with van der Waals surface area (Å²) in [5.41, 5.74) is 1.12. The maximum atomic E-state index is 9.75. The van der Waals surface area contributed by atoms with E-state index in [0.29, 0.717) is 0 Å². The molecule has 2 rings (SSSR count). The molecule has 0 aliphatic rings. The van der Waals surface area contributed by atoms with Crippen LogP contribution in [0.2, 0.25) is 0 Å². The molecule has 2 N–H and O–H groups in total. The summed E-state index contributed by atoms with van der Waals surface area (Å²) in [5, 5.41) is 0. The summed E-state index contributed by atoms with van der Waals surface area (Å²) < 4.78 is 5.86. The minimum Gasteiger partial charge on any atom is -0.328 e. The van der Waals surface area contributed by atoms with Gasteiger partial charge in [-0.05, 0) is 24.0 Å². The number of hydrogen-bond donors (Lipinski definition) is 2. The first kappa shape index (κ1) is 23.0. The van der Waals surface area contributed by atoms with Crippen molar-refractivity contribution in [1.29, 1.82) is 0 Å². The van der Waals surface area contributed by atoms with Crippen LogP contribution < -0.4 is 0 Å². The van der Waals surface area contributed by atoms with Crippen LogP contribution in [0.1, 0.15) is 82.3 Å². The van der Waals surface area contributed by atoms with Gasteiger partial charge < -0.3 is 9.79 Å². The number of unbranched alkanes of at least 4 members (excludes halogenated alkanes) is 8. The van der Waals surface area contributed by atoms with Gasteiger partial charge in [0, 0.05) is 0 Å². The van der Waals surface area contributed by atoms with Gasteiger partial charge in [0.25, 0.3) is 0 Å². The quantitative estimate of drug-likeness (QED) is 0.262. The van der Waals surface area contributed by atoms with Gasteiger partial charge in [0.05, 0.1) is 0 Å². The summed E-state index contributed by atoms with van der Waals surface area (Å²) in [7, 11) is -2.47. The topological polar surface area (TPSA) is 49.7 Å². The molecule has 3 nitrogen and oxygen atoms in total. The van der Waals surface area contributed by atoms with Gasteiger partial charge in [-0.25, -0.2) is 0 Å². The van der Waals surface area contributed by atoms with Crippen molar-refractivity contribution in [3.8, 4) is 0 Å². The fourth-order valence-electron chi connectivity index (χ4n) is 3.85. The van der Waals surface area contributed by atoms with Crippen LogP contribution in [0, 0.1) is 0 Å². The van der Waals surface area contributed by atoms with E-state index < -0.39 is 14.2 Å². The van der Waals surface area contributed by atoms with E-state index in [9.17, 15) is 9.79 Å². The van der Waals surface area contributed by atoms with Gasteiger partial charge >= 0.3 is 8.60 Å². The van der Waals surface area contributed by atoms with Crippen LogP contribution in [-0.4, -0.2) is 9.79 Å². The van der Waals surface area contributed by atoms with Gasteiger partial charge in [-0.15, -0.1) is 0 Å². The molecular weight excluding hydrogens is 367 g/mol. The molecule has 154 valence electrons. The molecule has 0 heterocycles. The molecule has 0 spiro atoms. The van der Waals surface area contributed by atoms with Gasteiger partial charge in [-0.3, -0.25) is 4.52 Å². The fraction of sp³-hybridized carbons (Fsp3) is 0.500. The smallest absolute Gasteiger partial charge is 0.328 e. The van der Waals surface area contributed by atoms with Crippen molar-refractivity contribution in [2.24, 2.45) is 0 Å². The standard InChI is InChI=1S/C24H35O3P/c1-2-3-4-5-6-7-8-9-16-21-24(27-28(25)26,22-17-12-10-13-18-22)23-19-14-11-15-20-23/h10-15,17-20,25-26H,2-9,16,21H2,1H3. The molecule has 0 atom stereocenters. The van der Waals surface area contributed by atoms with Crippen molar-refractivity contribution < 1.29 is 14.3 Å². The van der Waals surface area contributed by atoms with Crippen molar-refractivity contribution in [1.82, 2.24) is 0 Å². The highest BCUT2D eigenvalue weighted by Gasteiger charge is 2.37. The van der Waals surface area contributed by atoms with Crippen LogP contribution in [0.25, 0.3) is 0 Å². The lowest BCUT2D eigenvalue weighted by atomic mass is 9.82. The van der Waals surface area contributed by atoms with Crippen LogP contribution in [0.3, 0.4) is 0 Å². The third kappa shape index (κ3) is 7.29. The van der Waals surface area contributed by atoms with Crippen molar-refractivity contribution in [2.75, 3.05) is 0 Å². The second kappa shape index (κ2) is 13.1.